The standard InChI is InChI=1S/C26H38N4/c1-4-8-22-19-28-25(20-27-22)30-15-11-23(12-16-30)29-17-13-26(5-2,14-18-29)24-10-7-6-9-21(24)3/h6-7,9-10,19-20,23H,4-5,8,11-18H2,1-3H3. The fraction of sp³-hybridized carbons (Fsp3) is 0.615. The lowest BCUT2D eigenvalue weighted by Gasteiger charge is -2.47. The summed E-state index contributed by atoms with van der Waals surface area (Å²) in [5, 5.41) is 0. The molecule has 0 amide bonds. The van der Waals surface area contributed by atoms with Gasteiger partial charge >= 0.3 is 0 Å². The molecule has 4 nitrogen and oxygen atoms in total. The summed E-state index contributed by atoms with van der Waals surface area (Å²) < 4.78 is 0. The van der Waals surface area contributed by atoms with Crippen LogP contribution in [0.3, 0.4) is 0 Å². The van der Waals surface area contributed by atoms with Crippen LogP contribution in [0.5, 0.6) is 0 Å². The van der Waals surface area contributed by atoms with E-state index in [9.17, 15) is 0 Å². The molecule has 1 aromatic carbocycles. The maximum absolute atomic E-state index is 4.68. The summed E-state index contributed by atoms with van der Waals surface area (Å²) in [5.74, 6) is 1.05. The predicted octanol–water partition coefficient (Wildman–Crippen LogP) is 5.15. The molecule has 0 radical (unpaired) electrons. The van der Waals surface area contributed by atoms with Crippen molar-refractivity contribution in [1.82, 2.24) is 14.9 Å². The molecule has 30 heavy (non-hydrogen) atoms. The van der Waals surface area contributed by atoms with Crippen molar-refractivity contribution < 1.29 is 0 Å². The molecule has 0 atom stereocenters. The number of rotatable bonds is 6. The van der Waals surface area contributed by atoms with Gasteiger partial charge in [-0.2, -0.15) is 0 Å². The number of anilines is 1. The summed E-state index contributed by atoms with van der Waals surface area (Å²) >= 11 is 0. The Bertz CT molecular complexity index is 800. The van der Waals surface area contributed by atoms with Crippen LogP contribution in [0.2, 0.25) is 0 Å². The van der Waals surface area contributed by atoms with Crippen LogP contribution in [-0.4, -0.2) is 47.1 Å². The minimum atomic E-state index is 0.373. The maximum Gasteiger partial charge on any atom is 0.147 e. The zero-order valence-electron chi connectivity index (χ0n) is 19.1. The minimum absolute atomic E-state index is 0.373. The van der Waals surface area contributed by atoms with Crippen molar-refractivity contribution >= 4 is 5.82 Å². The topological polar surface area (TPSA) is 32.3 Å². The summed E-state index contributed by atoms with van der Waals surface area (Å²) in [4.78, 5) is 14.5. The van der Waals surface area contributed by atoms with E-state index in [-0.39, 0.29) is 0 Å². The van der Waals surface area contributed by atoms with Crippen LogP contribution in [0.15, 0.2) is 36.7 Å². The Morgan fingerprint density at radius 1 is 0.967 bits per heavy atom. The normalized spacial score (nSPS) is 20.4. The Labute approximate surface area is 182 Å². The molecule has 2 aromatic rings. The summed E-state index contributed by atoms with van der Waals surface area (Å²) in [6, 6.07) is 9.78. The van der Waals surface area contributed by atoms with Crippen LogP contribution in [0.4, 0.5) is 5.82 Å². The van der Waals surface area contributed by atoms with Crippen LogP contribution < -0.4 is 4.90 Å². The van der Waals surface area contributed by atoms with Gasteiger partial charge in [0, 0.05) is 19.1 Å². The molecule has 2 saturated heterocycles. The van der Waals surface area contributed by atoms with Gasteiger partial charge in [-0.15, -0.1) is 0 Å². The van der Waals surface area contributed by atoms with Crippen molar-refractivity contribution in [3.8, 4) is 0 Å². The molecule has 4 heteroatoms. The van der Waals surface area contributed by atoms with Crippen LogP contribution in [-0.2, 0) is 11.8 Å². The average Bonchev–Trinajstić information content (AvgIpc) is 2.80. The van der Waals surface area contributed by atoms with Gasteiger partial charge in [-0.25, -0.2) is 4.98 Å². The van der Waals surface area contributed by atoms with Crippen molar-refractivity contribution in [2.45, 2.75) is 77.2 Å². The van der Waals surface area contributed by atoms with Gasteiger partial charge in [-0.1, -0.05) is 44.5 Å². The molecule has 2 fully saturated rings. The second-order valence-electron chi connectivity index (χ2n) is 9.32. The van der Waals surface area contributed by atoms with E-state index in [0.29, 0.717) is 5.41 Å². The van der Waals surface area contributed by atoms with E-state index >= 15 is 0 Å². The van der Waals surface area contributed by atoms with Crippen LogP contribution in [0.1, 0.15) is 69.2 Å². The lowest BCUT2D eigenvalue weighted by atomic mass is 9.69. The molecular weight excluding hydrogens is 368 g/mol. The van der Waals surface area contributed by atoms with E-state index in [1.54, 1.807) is 5.56 Å². The first kappa shape index (κ1) is 21.3. The number of hydrogen-bond donors (Lipinski definition) is 0. The summed E-state index contributed by atoms with van der Waals surface area (Å²) in [6.45, 7) is 11.5. The molecule has 4 rings (SSSR count). The van der Waals surface area contributed by atoms with Gasteiger partial charge in [0.2, 0.25) is 0 Å². The first-order chi connectivity index (χ1) is 14.6. The van der Waals surface area contributed by atoms with Crippen molar-refractivity contribution in [1.29, 1.82) is 0 Å². The number of benzene rings is 1. The van der Waals surface area contributed by atoms with Crippen molar-refractivity contribution in [2.75, 3.05) is 31.1 Å². The molecule has 0 spiro atoms. The van der Waals surface area contributed by atoms with E-state index in [4.69, 9.17) is 0 Å². The molecule has 0 saturated carbocycles. The van der Waals surface area contributed by atoms with Crippen molar-refractivity contribution in [3.63, 3.8) is 0 Å². The molecule has 0 bridgehead atoms. The molecule has 0 unspecified atom stereocenters. The van der Waals surface area contributed by atoms with E-state index in [2.05, 4.69) is 64.8 Å². The number of likely N-dealkylation sites (tertiary alicyclic amines) is 1. The minimum Gasteiger partial charge on any atom is -0.355 e. The fourth-order valence-electron chi connectivity index (χ4n) is 5.66. The summed E-state index contributed by atoms with van der Waals surface area (Å²) in [6.07, 6.45) is 12.4. The van der Waals surface area contributed by atoms with Gasteiger partial charge in [-0.05, 0) is 75.1 Å². The highest BCUT2D eigenvalue weighted by Gasteiger charge is 2.37. The molecule has 0 aliphatic carbocycles. The number of hydrogen-bond acceptors (Lipinski definition) is 4. The second-order valence-corrected chi connectivity index (χ2v) is 9.32. The highest BCUT2D eigenvalue weighted by molar-refractivity contribution is 5.37. The molecular formula is C26H38N4. The van der Waals surface area contributed by atoms with Gasteiger partial charge in [0.1, 0.15) is 5.82 Å². The molecule has 1 aromatic heterocycles. The largest absolute Gasteiger partial charge is 0.355 e. The quantitative estimate of drug-likeness (QED) is 0.664. The summed E-state index contributed by atoms with van der Waals surface area (Å²) in [7, 11) is 0. The third-order valence-corrected chi connectivity index (χ3v) is 7.65. The van der Waals surface area contributed by atoms with Gasteiger partial charge in [0.25, 0.3) is 0 Å². The smallest absolute Gasteiger partial charge is 0.147 e. The van der Waals surface area contributed by atoms with Crippen LogP contribution in [0.25, 0.3) is 0 Å². The Balaban J connectivity index is 1.32. The highest BCUT2D eigenvalue weighted by atomic mass is 15.2. The Hall–Kier alpha value is -1.94. The second kappa shape index (κ2) is 9.47. The Morgan fingerprint density at radius 3 is 2.30 bits per heavy atom. The molecule has 2 aliphatic rings. The first-order valence-corrected chi connectivity index (χ1v) is 12.0. The average molecular weight is 407 g/mol. The van der Waals surface area contributed by atoms with Gasteiger partial charge in [0.15, 0.2) is 0 Å². The van der Waals surface area contributed by atoms with E-state index in [1.165, 1.54) is 50.8 Å². The lowest BCUT2D eigenvalue weighted by Crippen LogP contribution is -2.50. The monoisotopic (exact) mass is 406 g/mol. The molecule has 2 aliphatic heterocycles. The van der Waals surface area contributed by atoms with Gasteiger partial charge < -0.3 is 9.80 Å². The molecule has 0 N–H and O–H groups in total. The SMILES string of the molecule is CCCc1cnc(N2CCC(N3CCC(CC)(c4ccccc4C)CC3)CC2)cn1. The molecule has 162 valence electrons. The predicted molar refractivity (Wildman–Crippen MR) is 125 cm³/mol. The van der Waals surface area contributed by atoms with Crippen LogP contribution in [0, 0.1) is 6.92 Å². The zero-order valence-corrected chi connectivity index (χ0v) is 19.1. The van der Waals surface area contributed by atoms with E-state index in [0.717, 1.165) is 43.5 Å². The fourth-order valence-corrected chi connectivity index (χ4v) is 5.66. The summed E-state index contributed by atoms with van der Waals surface area (Å²) in [5.41, 5.74) is 4.54. The Kier molecular flexibility index (Phi) is 6.72. The van der Waals surface area contributed by atoms with Crippen LogP contribution >= 0.6 is 0 Å². The lowest BCUT2D eigenvalue weighted by molar-refractivity contribution is 0.0973. The van der Waals surface area contributed by atoms with Gasteiger partial charge in [-0.3, -0.25) is 4.98 Å². The zero-order chi connectivity index (χ0) is 21.0. The van der Waals surface area contributed by atoms with E-state index in [1.807, 2.05) is 12.4 Å². The number of nitrogens with zero attached hydrogens (tertiary/aromatic N) is 4. The van der Waals surface area contributed by atoms with Gasteiger partial charge in [0.05, 0.1) is 18.1 Å². The van der Waals surface area contributed by atoms with Crippen molar-refractivity contribution in [3.05, 3.63) is 53.5 Å². The number of piperidine rings is 2. The third kappa shape index (κ3) is 4.39. The number of aryl methyl sites for hydroxylation is 2. The van der Waals surface area contributed by atoms with Crippen molar-refractivity contribution in [2.24, 2.45) is 0 Å². The van der Waals surface area contributed by atoms with E-state index < -0.39 is 0 Å². The highest BCUT2D eigenvalue weighted by Crippen LogP contribution is 2.41. The number of aromatic nitrogens is 2. The third-order valence-electron chi connectivity index (χ3n) is 7.65. The first-order valence-electron chi connectivity index (χ1n) is 12.0. The molecule has 3 heterocycles. The maximum atomic E-state index is 4.68. The Morgan fingerprint density at radius 2 is 1.70 bits per heavy atom.